The van der Waals surface area contributed by atoms with Crippen LogP contribution in [0.25, 0.3) is 65.4 Å². The first-order chi connectivity index (χ1) is 36.9. The molecule has 2 aliphatic rings. The van der Waals surface area contributed by atoms with E-state index in [0.29, 0.717) is 0 Å². The van der Waals surface area contributed by atoms with Gasteiger partial charge in [0, 0.05) is 78.8 Å². The first-order valence-electron chi connectivity index (χ1n) is 26.6. The summed E-state index contributed by atoms with van der Waals surface area (Å²) in [5.74, 6) is 0. The highest BCUT2D eigenvalue weighted by atomic mass is 16.3. The van der Waals surface area contributed by atoms with Gasteiger partial charge in [0.2, 0.25) is 0 Å². The lowest BCUT2D eigenvalue weighted by Gasteiger charge is -2.44. The lowest BCUT2D eigenvalue weighted by Crippen LogP contribution is -2.61. The molecule has 0 amide bonds. The third-order valence-corrected chi connectivity index (χ3v) is 16.3. The molecule has 0 bridgehead atoms. The first-order valence-corrected chi connectivity index (χ1v) is 26.6. The van der Waals surface area contributed by atoms with Crippen LogP contribution in [0, 0.1) is 0 Å². The largest absolute Gasteiger partial charge is 0.456 e. The molecule has 2 aliphatic heterocycles. The molecular formula is C70H54BN3O2. The van der Waals surface area contributed by atoms with Gasteiger partial charge in [-0.05, 0) is 163 Å². The highest BCUT2D eigenvalue weighted by molar-refractivity contribution is 7.00. The second-order valence-electron chi connectivity index (χ2n) is 23.0. The number of hydrogen-bond donors (Lipinski definition) is 0. The Hall–Kier alpha value is -9.00. The van der Waals surface area contributed by atoms with E-state index in [4.69, 9.17) is 8.83 Å². The minimum Gasteiger partial charge on any atom is -0.456 e. The van der Waals surface area contributed by atoms with Crippen molar-refractivity contribution in [3.63, 3.8) is 0 Å². The second-order valence-corrected chi connectivity index (χ2v) is 23.0. The van der Waals surface area contributed by atoms with Crippen molar-refractivity contribution in [2.24, 2.45) is 0 Å². The van der Waals surface area contributed by atoms with Crippen molar-refractivity contribution in [3.05, 3.63) is 230 Å². The predicted octanol–water partition coefficient (Wildman–Crippen LogP) is 17.9. The van der Waals surface area contributed by atoms with Crippen molar-refractivity contribution in [1.82, 2.24) is 0 Å². The maximum absolute atomic E-state index is 6.71. The van der Waals surface area contributed by atoms with Crippen molar-refractivity contribution in [2.75, 3.05) is 14.7 Å². The van der Waals surface area contributed by atoms with E-state index in [-0.39, 0.29) is 17.5 Å². The Morgan fingerprint density at radius 2 is 0.829 bits per heavy atom. The standard InChI is InChI=1S/C70H54BN3O2/c1-69(2,3)47-23-28-49(29-24-47)73-60-18-13-19-61-68(60)71(59-41-57-55-17-10-12-21-65(55)76-67(57)42-63(59)74(61)50-30-25-48(26-31-50)70(4,5)6)58-34-32-53(40-62(58)73)72(52-33-35-66-56(39-52)54-16-9-11-20-64(54)75-66)51-27-22-45-36-43-14-7-8-15-44(43)37-46(45)38-51/h7-42H,1-6H3. The molecule has 0 aliphatic carbocycles. The highest BCUT2D eigenvalue weighted by Crippen LogP contribution is 2.48. The third-order valence-electron chi connectivity index (χ3n) is 16.3. The molecule has 11 aromatic carbocycles. The van der Waals surface area contributed by atoms with Crippen LogP contribution in [-0.2, 0) is 10.8 Å². The van der Waals surface area contributed by atoms with Gasteiger partial charge in [-0.1, -0.05) is 151 Å². The molecule has 0 fully saturated rings. The predicted molar refractivity (Wildman–Crippen MR) is 322 cm³/mol. The van der Waals surface area contributed by atoms with E-state index < -0.39 is 0 Å². The van der Waals surface area contributed by atoms with Gasteiger partial charge in [-0.25, -0.2) is 0 Å². The summed E-state index contributed by atoms with van der Waals surface area (Å²) in [7, 11) is 0. The normalized spacial score (nSPS) is 13.3. The van der Waals surface area contributed by atoms with E-state index in [0.717, 1.165) is 95.1 Å². The summed E-state index contributed by atoms with van der Waals surface area (Å²) in [5, 5.41) is 9.27. The van der Waals surface area contributed by atoms with Crippen molar-refractivity contribution >= 4 is 140 Å². The monoisotopic (exact) mass is 979 g/mol. The summed E-state index contributed by atoms with van der Waals surface area (Å²) in [6.07, 6.45) is 0. The Bertz CT molecular complexity index is 4520. The van der Waals surface area contributed by atoms with Gasteiger partial charge < -0.3 is 23.5 Å². The minimum atomic E-state index is -0.102. The van der Waals surface area contributed by atoms with Crippen LogP contribution in [0.2, 0.25) is 0 Å². The van der Waals surface area contributed by atoms with E-state index in [9.17, 15) is 0 Å². The van der Waals surface area contributed by atoms with Crippen LogP contribution in [-0.4, -0.2) is 6.71 Å². The van der Waals surface area contributed by atoms with Crippen LogP contribution < -0.4 is 31.1 Å². The molecule has 15 rings (SSSR count). The zero-order valence-corrected chi connectivity index (χ0v) is 43.5. The molecule has 0 N–H and O–H groups in total. The molecule has 13 aromatic rings. The number of fused-ring (bicyclic) bond motifs is 12. The zero-order valence-electron chi connectivity index (χ0n) is 43.5. The Balaban J connectivity index is 0.997. The molecule has 0 radical (unpaired) electrons. The Morgan fingerprint density at radius 1 is 0.342 bits per heavy atom. The number of benzene rings is 11. The van der Waals surface area contributed by atoms with Crippen molar-refractivity contribution in [2.45, 2.75) is 52.4 Å². The van der Waals surface area contributed by atoms with Gasteiger partial charge in [-0.15, -0.1) is 0 Å². The van der Waals surface area contributed by atoms with Gasteiger partial charge in [-0.3, -0.25) is 0 Å². The van der Waals surface area contributed by atoms with Gasteiger partial charge in [0.1, 0.15) is 22.3 Å². The molecule has 0 unspecified atom stereocenters. The third kappa shape index (κ3) is 6.86. The fourth-order valence-corrected chi connectivity index (χ4v) is 12.4. The van der Waals surface area contributed by atoms with Crippen molar-refractivity contribution < 1.29 is 8.83 Å². The SMILES string of the molecule is CC(C)(C)c1ccc(N2c3cc(N(c4ccc5cc6ccccc6cc5c4)c4ccc5oc6ccccc6c5c4)ccc3B3c4cc5c(cc4N(c4ccc(C(C)(C)C)cc4)c4cccc2c43)oc2ccccc25)cc1. The average molecular weight is 980 g/mol. The summed E-state index contributed by atoms with van der Waals surface area (Å²) in [6.45, 7) is 13.6. The van der Waals surface area contributed by atoms with E-state index >= 15 is 0 Å². The van der Waals surface area contributed by atoms with Gasteiger partial charge in [0.05, 0.1) is 0 Å². The second kappa shape index (κ2) is 16.3. The molecule has 6 heteroatoms. The van der Waals surface area contributed by atoms with E-state index in [1.165, 1.54) is 49.1 Å². The fraction of sp³-hybridized carbons (Fsp3) is 0.114. The maximum atomic E-state index is 6.71. The quantitative estimate of drug-likeness (QED) is 0.127. The number of nitrogens with zero attached hydrogens (tertiary/aromatic N) is 3. The molecule has 0 saturated heterocycles. The number of anilines is 9. The summed E-state index contributed by atoms with van der Waals surface area (Å²) in [5.41, 5.74) is 19.8. The van der Waals surface area contributed by atoms with Crippen LogP contribution in [0.3, 0.4) is 0 Å². The van der Waals surface area contributed by atoms with Crippen molar-refractivity contribution in [1.29, 1.82) is 0 Å². The van der Waals surface area contributed by atoms with Crippen molar-refractivity contribution in [3.8, 4) is 0 Å². The summed E-state index contributed by atoms with van der Waals surface area (Å²) < 4.78 is 13.1. The number of furan rings is 2. The zero-order chi connectivity index (χ0) is 51.2. The fourth-order valence-electron chi connectivity index (χ4n) is 12.4. The summed E-state index contributed by atoms with van der Waals surface area (Å²) >= 11 is 0. The lowest BCUT2D eigenvalue weighted by molar-refractivity contribution is 0.590. The Kier molecular flexibility index (Phi) is 9.51. The van der Waals surface area contributed by atoms with E-state index in [1.807, 2.05) is 6.07 Å². The van der Waals surface area contributed by atoms with E-state index in [1.54, 1.807) is 0 Å². The van der Waals surface area contributed by atoms with Gasteiger partial charge in [0.15, 0.2) is 0 Å². The van der Waals surface area contributed by atoms with Gasteiger partial charge in [-0.2, -0.15) is 0 Å². The molecule has 2 aromatic heterocycles. The van der Waals surface area contributed by atoms with E-state index in [2.05, 4.69) is 269 Å². The topological polar surface area (TPSA) is 36.0 Å². The number of rotatable bonds is 5. The molecule has 0 spiro atoms. The van der Waals surface area contributed by atoms with Gasteiger partial charge >= 0.3 is 0 Å². The summed E-state index contributed by atoms with van der Waals surface area (Å²) in [6, 6.07) is 80.9. The summed E-state index contributed by atoms with van der Waals surface area (Å²) in [4.78, 5) is 7.43. The highest BCUT2D eigenvalue weighted by Gasteiger charge is 2.44. The molecule has 5 nitrogen and oxygen atoms in total. The maximum Gasteiger partial charge on any atom is 0.252 e. The molecule has 364 valence electrons. The van der Waals surface area contributed by atoms with Crippen LogP contribution in [0.1, 0.15) is 52.7 Å². The first kappa shape index (κ1) is 44.5. The minimum absolute atomic E-state index is 0.00802. The average Bonchev–Trinajstić information content (AvgIpc) is 4.04. The molecule has 0 saturated carbocycles. The van der Waals surface area contributed by atoms with Crippen LogP contribution in [0.4, 0.5) is 51.2 Å². The van der Waals surface area contributed by atoms with Crippen LogP contribution in [0.5, 0.6) is 0 Å². The molecular weight excluding hydrogens is 926 g/mol. The molecule has 0 atom stereocenters. The van der Waals surface area contributed by atoms with Crippen LogP contribution >= 0.6 is 0 Å². The Morgan fingerprint density at radius 3 is 1.46 bits per heavy atom. The number of hydrogen-bond acceptors (Lipinski definition) is 5. The molecule has 76 heavy (non-hydrogen) atoms. The van der Waals surface area contributed by atoms with Gasteiger partial charge in [0.25, 0.3) is 6.71 Å². The van der Waals surface area contributed by atoms with Crippen LogP contribution in [0.15, 0.2) is 227 Å². The molecule has 4 heterocycles. The lowest BCUT2D eigenvalue weighted by atomic mass is 9.33. The Labute approximate surface area is 442 Å². The smallest absolute Gasteiger partial charge is 0.252 e. The number of para-hydroxylation sites is 2.